The van der Waals surface area contributed by atoms with Gasteiger partial charge in [0.05, 0.1) is 0 Å². The van der Waals surface area contributed by atoms with Crippen molar-refractivity contribution in [3.05, 3.63) is 186 Å². The average Bonchev–Trinajstić information content (AvgIpc) is 4.42. The van der Waals surface area contributed by atoms with E-state index < -0.39 is 35.2 Å². The normalized spacial score (nSPS) is 17.9. The molecule has 0 aromatic heterocycles. The Balaban J connectivity index is 0.000000107. The van der Waals surface area contributed by atoms with Gasteiger partial charge in [-0.05, 0) is 0 Å². The van der Waals surface area contributed by atoms with E-state index in [0.717, 1.165) is 0 Å². The fraction of sp³-hybridized carbons (Fsp3) is 0.474. The molecule has 0 N–H and O–H groups in total. The van der Waals surface area contributed by atoms with Gasteiger partial charge >= 0.3 is 0 Å². The van der Waals surface area contributed by atoms with Crippen LogP contribution in [0, 0.1) is 0 Å². The van der Waals surface area contributed by atoms with Gasteiger partial charge in [-0.3, -0.25) is 0 Å². The Morgan fingerprint density at radius 2 is 0.309 bits per heavy atom. The van der Waals surface area contributed by atoms with E-state index in [1.165, 1.54) is 205 Å². The number of aryl methyl sites for hydroxylation is 16. The van der Waals surface area contributed by atoms with Crippen LogP contribution in [0.3, 0.4) is 0 Å². The third-order valence-electron chi connectivity index (χ3n) is 21.9. The molecule has 0 heterocycles. The zero-order chi connectivity index (χ0) is 54.1. The van der Waals surface area contributed by atoms with Gasteiger partial charge in [0.15, 0.2) is 0 Å². The van der Waals surface area contributed by atoms with Crippen LogP contribution in [0.25, 0.3) is 0 Å². The van der Waals surface area contributed by atoms with Crippen molar-refractivity contribution in [3.63, 3.8) is 0 Å². The van der Waals surface area contributed by atoms with Crippen LogP contribution in [0.4, 0.5) is 0 Å². The topological polar surface area (TPSA) is 0 Å². The number of hydrogen-bond acceptors (Lipinski definition) is 0. The fourth-order valence-corrected chi connectivity index (χ4v) is 25.3. The summed E-state index contributed by atoms with van der Waals surface area (Å²) in [6.07, 6.45) is 43.6. The first-order valence-electron chi connectivity index (χ1n) is 33.5. The number of rotatable bonds is 8. The van der Waals surface area contributed by atoms with Gasteiger partial charge in [0, 0.05) is 61.4 Å². The molecule has 5 heteroatoms. The monoisotopic (exact) mass is 1210 g/mol. The predicted molar refractivity (Wildman–Crippen MR) is 359 cm³/mol. The maximum atomic E-state index is 2.55. The van der Waals surface area contributed by atoms with Crippen LogP contribution in [-0.2, 0) is 129 Å². The Morgan fingerprint density at radius 1 is 0.198 bits per heavy atom. The summed E-state index contributed by atoms with van der Waals surface area (Å²) in [7, 11) is -3.73. The van der Waals surface area contributed by atoms with Crippen LogP contribution in [0.1, 0.15) is 192 Å². The summed E-state index contributed by atoms with van der Waals surface area (Å²) in [6, 6.07) is 40.8. The van der Waals surface area contributed by atoms with Gasteiger partial charge < -0.3 is 0 Å². The molecule has 0 atom stereocenters. The summed E-state index contributed by atoms with van der Waals surface area (Å²) < 4.78 is 0. The van der Waals surface area contributed by atoms with Crippen molar-refractivity contribution in [1.29, 1.82) is 0 Å². The van der Waals surface area contributed by atoms with E-state index in [1.807, 2.05) is 0 Å². The molecule has 428 valence electrons. The molecule has 0 amide bonds. The summed E-state index contributed by atoms with van der Waals surface area (Å²) in [4.78, 5) is 0. The van der Waals surface area contributed by atoms with E-state index in [-0.39, 0.29) is 26.2 Å². The molecule has 0 bridgehead atoms. The molecular formula is C76H96Si4Zr-8. The van der Waals surface area contributed by atoms with Gasteiger partial charge in [0.1, 0.15) is 0 Å². The quantitative estimate of drug-likeness (QED) is 0.105. The van der Waals surface area contributed by atoms with Crippen molar-refractivity contribution in [2.24, 2.45) is 0 Å². The minimum atomic E-state index is -0.933. The SMILES string of the molecule is C[SiH](c1cc2c([cH-]1)CCCC2)c1cc2c([cH-]1)CCCC2.C[SiH](c1cc2c([cH-]1)CCCC2)c1cc2c([cH-]1)CCCC2.C[SiH](c1cc2c([cH-]1)CCCC2)c1cc2c([cH-]1)CCCC2.C[SiH](c1cc2c([cH-]1)CCCC2)c1cc2c([cH-]1)CCCC2.[Zr]. The first-order valence-corrected chi connectivity index (χ1v) is 42.8. The van der Waals surface area contributed by atoms with E-state index in [9.17, 15) is 0 Å². The van der Waals surface area contributed by atoms with Gasteiger partial charge in [-0.2, -0.15) is 179 Å². The van der Waals surface area contributed by atoms with Crippen LogP contribution in [-0.4, -0.2) is 35.2 Å². The molecular weight excluding hydrogens is 1120 g/mol. The molecule has 8 aliphatic carbocycles. The van der Waals surface area contributed by atoms with Crippen molar-refractivity contribution in [3.8, 4) is 0 Å². The third kappa shape index (κ3) is 13.1. The van der Waals surface area contributed by atoms with Crippen molar-refractivity contribution >= 4 is 76.7 Å². The standard InChI is InChI=1S/4C19H24Si.Zr/c4*1-20(18-10-14-6-2-3-7-15(14)11-18)19-12-16-8-4-5-9-17(16)13-19;/h4*10-13,20H,2-9H2,1H3;/q4*-2;. The van der Waals surface area contributed by atoms with Gasteiger partial charge in [-0.25, -0.2) is 48.5 Å². The maximum absolute atomic E-state index is 2.55. The molecule has 0 unspecified atom stereocenters. The zero-order valence-electron chi connectivity index (χ0n) is 50.7. The largest absolute Gasteiger partial charge is 0.211 e. The fourth-order valence-electron chi connectivity index (χ4n) is 16.6. The Kier molecular flexibility index (Phi) is 18.9. The first-order chi connectivity index (χ1) is 39.2. The molecule has 0 saturated heterocycles. The van der Waals surface area contributed by atoms with Crippen LogP contribution in [0.5, 0.6) is 0 Å². The van der Waals surface area contributed by atoms with Crippen molar-refractivity contribution in [1.82, 2.24) is 0 Å². The van der Waals surface area contributed by atoms with Crippen molar-refractivity contribution < 1.29 is 26.2 Å². The third-order valence-corrected chi connectivity index (χ3v) is 32.6. The maximum Gasteiger partial charge on any atom is 0.0462 e. The second kappa shape index (κ2) is 26.4. The minimum absolute atomic E-state index is 0. The Hall–Kier alpha value is -3.45. The molecule has 8 aliphatic rings. The Labute approximate surface area is 516 Å². The Morgan fingerprint density at radius 3 is 0.420 bits per heavy atom. The smallest absolute Gasteiger partial charge is 0.0462 e. The first kappa shape index (κ1) is 58.0. The summed E-state index contributed by atoms with van der Waals surface area (Å²) in [6.45, 7) is 10.1. The number of hydrogen-bond donors (Lipinski definition) is 0. The predicted octanol–water partition coefficient (Wildman–Crippen LogP) is 11.4. The minimum Gasteiger partial charge on any atom is -0.211 e. The van der Waals surface area contributed by atoms with Crippen molar-refractivity contribution in [2.45, 2.75) is 232 Å². The van der Waals surface area contributed by atoms with Gasteiger partial charge in [0.2, 0.25) is 0 Å². The second-order valence-corrected chi connectivity index (χ2v) is 38.4. The molecule has 0 fully saturated rings. The summed E-state index contributed by atoms with van der Waals surface area (Å²) in [5.41, 5.74) is 26.7. The molecule has 0 radical (unpaired) electrons. The molecule has 0 aliphatic heterocycles. The number of fused-ring (bicyclic) bond motifs is 8. The van der Waals surface area contributed by atoms with Gasteiger partial charge in [-0.15, -0.1) is 0 Å². The molecule has 16 rings (SSSR count). The second-order valence-electron chi connectivity index (χ2n) is 27.3. The van der Waals surface area contributed by atoms with E-state index in [2.05, 4.69) is 123 Å². The molecule has 0 saturated carbocycles. The van der Waals surface area contributed by atoms with E-state index >= 15 is 0 Å². The molecule has 81 heavy (non-hydrogen) atoms. The van der Waals surface area contributed by atoms with E-state index in [4.69, 9.17) is 0 Å². The summed E-state index contributed by atoms with van der Waals surface area (Å²) in [5, 5.41) is 13.5. The van der Waals surface area contributed by atoms with Crippen molar-refractivity contribution in [2.75, 3.05) is 0 Å². The van der Waals surface area contributed by atoms with Crippen LogP contribution in [0.15, 0.2) is 97.1 Å². The summed E-state index contributed by atoms with van der Waals surface area (Å²) >= 11 is 0. The van der Waals surface area contributed by atoms with Crippen LogP contribution in [0.2, 0.25) is 26.2 Å². The van der Waals surface area contributed by atoms with Gasteiger partial charge in [0.25, 0.3) is 0 Å². The van der Waals surface area contributed by atoms with Crippen LogP contribution < -0.4 is 41.5 Å². The molecule has 0 nitrogen and oxygen atoms in total. The molecule has 0 spiro atoms. The average molecular weight is 1210 g/mol. The summed E-state index contributed by atoms with van der Waals surface area (Å²) in [5.74, 6) is 0. The van der Waals surface area contributed by atoms with E-state index in [1.54, 1.807) is 131 Å². The zero-order valence-corrected chi connectivity index (χ0v) is 57.8. The van der Waals surface area contributed by atoms with Gasteiger partial charge in [-0.1, -0.05) is 232 Å². The molecule has 8 aromatic rings. The van der Waals surface area contributed by atoms with E-state index in [0.29, 0.717) is 0 Å². The van der Waals surface area contributed by atoms with Crippen LogP contribution >= 0.6 is 0 Å². The Bertz CT molecular complexity index is 2500. The molecule has 8 aromatic carbocycles.